The number of pyridine rings is 1. The van der Waals surface area contributed by atoms with Crippen molar-refractivity contribution in [1.29, 1.82) is 0 Å². The fraction of sp³-hybridized carbons (Fsp3) is 0.583. The number of nitrogens with zero attached hydrogens (tertiary/aromatic N) is 1. The van der Waals surface area contributed by atoms with Gasteiger partial charge in [0.1, 0.15) is 0 Å². The molecule has 3 heteroatoms. The van der Waals surface area contributed by atoms with Crippen molar-refractivity contribution in [2.75, 3.05) is 6.54 Å². The second kappa shape index (κ2) is 5.71. The molecule has 1 heterocycles. The first-order chi connectivity index (χ1) is 7.08. The molecule has 1 aromatic heterocycles. The monoisotopic (exact) mass is 208 g/mol. The summed E-state index contributed by atoms with van der Waals surface area (Å²) in [6, 6.07) is 3.73. The van der Waals surface area contributed by atoms with Crippen LogP contribution in [0, 0.1) is 5.92 Å². The average molecular weight is 208 g/mol. The van der Waals surface area contributed by atoms with Gasteiger partial charge >= 0.3 is 0 Å². The summed E-state index contributed by atoms with van der Waals surface area (Å²) in [7, 11) is 0. The number of hydrogen-bond donors (Lipinski definition) is 1. The Kier molecular flexibility index (Phi) is 4.56. The zero-order chi connectivity index (χ0) is 11.3. The summed E-state index contributed by atoms with van der Waals surface area (Å²) in [6.07, 6.45) is 3.68. The van der Waals surface area contributed by atoms with Crippen molar-refractivity contribution in [1.82, 2.24) is 9.88 Å². The minimum Gasteiger partial charge on any atom is -0.354 e. The summed E-state index contributed by atoms with van der Waals surface area (Å²) in [5.74, 6) is 0.565. The van der Waals surface area contributed by atoms with E-state index in [9.17, 15) is 4.79 Å². The summed E-state index contributed by atoms with van der Waals surface area (Å²) in [4.78, 5) is 10.9. The maximum absolute atomic E-state index is 10.9. The molecule has 0 saturated carbocycles. The normalized spacial score (nSPS) is 13.1. The van der Waals surface area contributed by atoms with Gasteiger partial charge in [0, 0.05) is 37.1 Å². The van der Waals surface area contributed by atoms with Crippen LogP contribution in [0.5, 0.6) is 0 Å². The molecule has 15 heavy (non-hydrogen) atoms. The third-order valence-corrected chi connectivity index (χ3v) is 2.26. The molecule has 0 aromatic carbocycles. The van der Waals surface area contributed by atoms with Crippen molar-refractivity contribution in [3.63, 3.8) is 0 Å². The molecule has 0 amide bonds. The van der Waals surface area contributed by atoms with Gasteiger partial charge in [-0.05, 0) is 12.5 Å². The standard InChI is InChI=1S/C12H20N2O/c1-10(2)13-8-11(3)9-14-6-4-12(15)5-7-14/h4-7,10-11,13H,8-9H2,1-3H3. The Morgan fingerprint density at radius 1 is 1.27 bits per heavy atom. The van der Waals surface area contributed by atoms with E-state index in [0.29, 0.717) is 12.0 Å². The average Bonchev–Trinajstić information content (AvgIpc) is 2.19. The van der Waals surface area contributed by atoms with Crippen molar-refractivity contribution >= 4 is 0 Å². The molecule has 0 radical (unpaired) electrons. The molecule has 1 atom stereocenters. The predicted molar refractivity (Wildman–Crippen MR) is 63.0 cm³/mol. The van der Waals surface area contributed by atoms with E-state index in [0.717, 1.165) is 13.1 Å². The zero-order valence-corrected chi connectivity index (χ0v) is 9.73. The van der Waals surface area contributed by atoms with Gasteiger partial charge in [-0.1, -0.05) is 20.8 Å². The molecule has 84 valence electrons. The molecule has 0 saturated heterocycles. The Morgan fingerprint density at radius 3 is 2.40 bits per heavy atom. The molecule has 1 aromatic rings. The van der Waals surface area contributed by atoms with Crippen molar-refractivity contribution < 1.29 is 0 Å². The van der Waals surface area contributed by atoms with Crippen LogP contribution in [-0.4, -0.2) is 17.2 Å². The molecule has 0 aliphatic heterocycles. The van der Waals surface area contributed by atoms with E-state index in [2.05, 4.69) is 26.1 Å². The largest absolute Gasteiger partial charge is 0.354 e. The maximum Gasteiger partial charge on any atom is 0.181 e. The number of hydrogen-bond acceptors (Lipinski definition) is 2. The summed E-state index contributed by atoms with van der Waals surface area (Å²) in [5, 5.41) is 3.40. The SMILES string of the molecule is CC(CNC(C)C)Cn1ccc(=O)cc1. The van der Waals surface area contributed by atoms with Crippen LogP contribution in [0.15, 0.2) is 29.3 Å². The van der Waals surface area contributed by atoms with Crippen LogP contribution in [0.4, 0.5) is 0 Å². The number of rotatable bonds is 5. The van der Waals surface area contributed by atoms with E-state index in [-0.39, 0.29) is 5.43 Å². The van der Waals surface area contributed by atoms with Crippen LogP contribution in [-0.2, 0) is 6.54 Å². The topological polar surface area (TPSA) is 34.0 Å². The Morgan fingerprint density at radius 2 is 1.87 bits per heavy atom. The van der Waals surface area contributed by atoms with Gasteiger partial charge in [0.05, 0.1) is 0 Å². The highest BCUT2D eigenvalue weighted by atomic mass is 16.1. The van der Waals surface area contributed by atoms with Crippen LogP contribution < -0.4 is 10.7 Å². The highest BCUT2D eigenvalue weighted by Gasteiger charge is 2.02. The van der Waals surface area contributed by atoms with Crippen LogP contribution in [0.3, 0.4) is 0 Å². The Bertz CT molecular complexity index is 323. The first kappa shape index (κ1) is 12.0. The van der Waals surface area contributed by atoms with E-state index in [1.165, 1.54) is 0 Å². The molecule has 0 aliphatic rings. The molecule has 1 N–H and O–H groups in total. The first-order valence-electron chi connectivity index (χ1n) is 5.47. The number of aromatic nitrogens is 1. The quantitative estimate of drug-likeness (QED) is 0.795. The lowest BCUT2D eigenvalue weighted by atomic mass is 10.1. The summed E-state index contributed by atoms with van der Waals surface area (Å²) < 4.78 is 2.05. The number of nitrogens with one attached hydrogen (secondary N) is 1. The van der Waals surface area contributed by atoms with E-state index < -0.39 is 0 Å². The van der Waals surface area contributed by atoms with Crippen LogP contribution >= 0.6 is 0 Å². The van der Waals surface area contributed by atoms with Crippen LogP contribution in [0.2, 0.25) is 0 Å². The molecule has 0 bridgehead atoms. The summed E-state index contributed by atoms with van der Waals surface area (Å²) in [6.45, 7) is 8.44. The lowest BCUT2D eigenvalue weighted by Crippen LogP contribution is -2.29. The third-order valence-electron chi connectivity index (χ3n) is 2.26. The minimum absolute atomic E-state index is 0.0687. The Hall–Kier alpha value is -1.09. The molecular weight excluding hydrogens is 188 g/mol. The van der Waals surface area contributed by atoms with Crippen LogP contribution in [0.25, 0.3) is 0 Å². The molecular formula is C12H20N2O. The van der Waals surface area contributed by atoms with Crippen LogP contribution in [0.1, 0.15) is 20.8 Å². The highest BCUT2D eigenvalue weighted by Crippen LogP contribution is 1.98. The van der Waals surface area contributed by atoms with Crippen molar-refractivity contribution in [3.05, 3.63) is 34.7 Å². The van der Waals surface area contributed by atoms with E-state index in [4.69, 9.17) is 0 Å². The van der Waals surface area contributed by atoms with Gasteiger partial charge < -0.3 is 9.88 Å². The van der Waals surface area contributed by atoms with E-state index in [1.54, 1.807) is 12.1 Å². The Labute approximate surface area is 91.1 Å². The summed E-state index contributed by atoms with van der Waals surface area (Å²) >= 11 is 0. The van der Waals surface area contributed by atoms with Crippen molar-refractivity contribution in [3.8, 4) is 0 Å². The second-order valence-electron chi connectivity index (χ2n) is 4.40. The lowest BCUT2D eigenvalue weighted by Gasteiger charge is -2.16. The van der Waals surface area contributed by atoms with Crippen molar-refractivity contribution in [2.45, 2.75) is 33.4 Å². The molecule has 0 aliphatic carbocycles. The Balaban J connectivity index is 2.40. The van der Waals surface area contributed by atoms with Gasteiger partial charge in [-0.3, -0.25) is 4.79 Å². The molecule has 0 spiro atoms. The molecule has 1 unspecified atom stereocenters. The smallest absolute Gasteiger partial charge is 0.181 e. The maximum atomic E-state index is 10.9. The van der Waals surface area contributed by atoms with Gasteiger partial charge in [-0.25, -0.2) is 0 Å². The fourth-order valence-corrected chi connectivity index (χ4v) is 1.43. The van der Waals surface area contributed by atoms with Gasteiger partial charge in [0.25, 0.3) is 0 Å². The van der Waals surface area contributed by atoms with Gasteiger partial charge in [0.2, 0.25) is 0 Å². The second-order valence-corrected chi connectivity index (χ2v) is 4.40. The van der Waals surface area contributed by atoms with E-state index >= 15 is 0 Å². The lowest BCUT2D eigenvalue weighted by molar-refractivity contribution is 0.424. The first-order valence-corrected chi connectivity index (χ1v) is 5.47. The van der Waals surface area contributed by atoms with E-state index in [1.807, 2.05) is 17.0 Å². The molecule has 1 rings (SSSR count). The van der Waals surface area contributed by atoms with Gasteiger partial charge in [-0.2, -0.15) is 0 Å². The van der Waals surface area contributed by atoms with Gasteiger partial charge in [-0.15, -0.1) is 0 Å². The molecule has 0 fully saturated rings. The predicted octanol–water partition coefficient (Wildman–Crippen LogP) is 1.48. The van der Waals surface area contributed by atoms with Crippen molar-refractivity contribution in [2.24, 2.45) is 5.92 Å². The summed E-state index contributed by atoms with van der Waals surface area (Å²) in [5.41, 5.74) is 0.0687. The molecule has 3 nitrogen and oxygen atoms in total. The third kappa shape index (κ3) is 4.79. The highest BCUT2D eigenvalue weighted by molar-refractivity contribution is 4.93. The van der Waals surface area contributed by atoms with Gasteiger partial charge in [0.15, 0.2) is 5.43 Å². The fourth-order valence-electron chi connectivity index (χ4n) is 1.43. The minimum atomic E-state index is 0.0687. The zero-order valence-electron chi connectivity index (χ0n) is 9.73.